The van der Waals surface area contributed by atoms with E-state index in [1.165, 1.54) is 38.3 Å². The molecule has 132 valence electrons. The van der Waals surface area contributed by atoms with E-state index in [1.54, 1.807) is 0 Å². The highest BCUT2D eigenvalue weighted by molar-refractivity contribution is 5.95. The minimum Gasteiger partial charge on any atom is -0.361 e. The second-order valence-corrected chi connectivity index (χ2v) is 7.09. The van der Waals surface area contributed by atoms with Gasteiger partial charge in [0.2, 0.25) is 5.91 Å². The molecule has 1 aromatic heterocycles. The van der Waals surface area contributed by atoms with Crippen molar-refractivity contribution >= 4 is 11.8 Å². The van der Waals surface area contributed by atoms with Gasteiger partial charge >= 0.3 is 0 Å². The molecule has 2 fully saturated rings. The van der Waals surface area contributed by atoms with Crippen LogP contribution in [-0.4, -0.2) is 41.0 Å². The zero-order valence-electron chi connectivity index (χ0n) is 14.4. The van der Waals surface area contributed by atoms with Gasteiger partial charge in [-0.05, 0) is 25.2 Å². The van der Waals surface area contributed by atoms with Crippen LogP contribution in [0.4, 0.5) is 0 Å². The number of aromatic nitrogens is 1. The summed E-state index contributed by atoms with van der Waals surface area (Å²) in [5.74, 6) is 1.23. The molecule has 0 aromatic carbocycles. The van der Waals surface area contributed by atoms with Crippen molar-refractivity contribution in [1.29, 1.82) is 0 Å². The molecule has 2 aliphatic rings. The molecule has 1 atom stereocenters. The van der Waals surface area contributed by atoms with Gasteiger partial charge in [0.25, 0.3) is 5.91 Å². The lowest BCUT2D eigenvalue weighted by atomic mass is 9.89. The van der Waals surface area contributed by atoms with Gasteiger partial charge in [-0.1, -0.05) is 31.3 Å². The molecule has 6 heteroatoms. The van der Waals surface area contributed by atoms with Gasteiger partial charge < -0.3 is 14.7 Å². The minimum absolute atomic E-state index is 0.113. The molecular weight excluding hydrogens is 306 g/mol. The van der Waals surface area contributed by atoms with E-state index in [4.69, 9.17) is 4.52 Å². The van der Waals surface area contributed by atoms with Crippen LogP contribution in [0.2, 0.25) is 0 Å². The van der Waals surface area contributed by atoms with Gasteiger partial charge in [0.15, 0.2) is 0 Å². The van der Waals surface area contributed by atoms with Crippen LogP contribution < -0.4 is 5.32 Å². The predicted molar refractivity (Wildman–Crippen MR) is 89.5 cm³/mol. The number of likely N-dealkylation sites (tertiary alicyclic amines) is 1. The summed E-state index contributed by atoms with van der Waals surface area (Å²) in [6.07, 6.45) is 9.78. The maximum Gasteiger partial charge on any atom is 0.256 e. The first kappa shape index (κ1) is 17.0. The van der Waals surface area contributed by atoms with Crippen LogP contribution in [-0.2, 0) is 11.2 Å². The Kier molecular flexibility index (Phi) is 5.53. The maximum atomic E-state index is 12.4. The van der Waals surface area contributed by atoms with Gasteiger partial charge in [-0.2, -0.15) is 0 Å². The Balaban J connectivity index is 1.53. The van der Waals surface area contributed by atoms with E-state index >= 15 is 0 Å². The summed E-state index contributed by atoms with van der Waals surface area (Å²) in [5, 5.41) is 6.71. The molecule has 0 spiro atoms. The molecule has 3 rings (SSSR count). The van der Waals surface area contributed by atoms with Gasteiger partial charge in [0, 0.05) is 25.9 Å². The van der Waals surface area contributed by atoms with Gasteiger partial charge in [-0.25, -0.2) is 0 Å². The SMILES string of the molecule is CCCc1oncc1C(=O)N[C@@H]1CC(=O)N(CC2CCCCC2)C1. The van der Waals surface area contributed by atoms with E-state index in [-0.39, 0.29) is 17.9 Å². The fourth-order valence-corrected chi connectivity index (χ4v) is 3.85. The molecule has 0 bridgehead atoms. The minimum atomic E-state index is -0.183. The van der Waals surface area contributed by atoms with Gasteiger partial charge in [-0.15, -0.1) is 0 Å². The molecule has 0 unspecified atom stereocenters. The zero-order valence-corrected chi connectivity index (χ0v) is 14.4. The van der Waals surface area contributed by atoms with Gasteiger partial charge in [0.1, 0.15) is 11.3 Å². The van der Waals surface area contributed by atoms with Gasteiger partial charge in [-0.3, -0.25) is 9.59 Å². The summed E-state index contributed by atoms with van der Waals surface area (Å²) in [6.45, 7) is 3.50. The van der Waals surface area contributed by atoms with Crippen molar-refractivity contribution in [2.24, 2.45) is 5.92 Å². The summed E-state index contributed by atoms with van der Waals surface area (Å²) in [6, 6.07) is -0.113. The average molecular weight is 333 g/mol. The number of nitrogens with one attached hydrogen (secondary N) is 1. The van der Waals surface area contributed by atoms with Crippen molar-refractivity contribution in [3.8, 4) is 0 Å². The number of amides is 2. The molecular formula is C18H27N3O3. The molecule has 1 saturated heterocycles. The summed E-state index contributed by atoms with van der Waals surface area (Å²) in [4.78, 5) is 26.6. The molecule has 2 heterocycles. The summed E-state index contributed by atoms with van der Waals surface area (Å²) < 4.78 is 5.15. The number of rotatable bonds is 6. The molecule has 1 saturated carbocycles. The first-order chi connectivity index (χ1) is 11.7. The van der Waals surface area contributed by atoms with Crippen LogP contribution >= 0.6 is 0 Å². The Labute approximate surface area is 142 Å². The van der Waals surface area contributed by atoms with E-state index in [0.29, 0.717) is 36.6 Å². The molecule has 1 aromatic rings. The number of hydrogen-bond acceptors (Lipinski definition) is 4. The molecule has 6 nitrogen and oxygen atoms in total. The largest absolute Gasteiger partial charge is 0.361 e. The number of carbonyl (C=O) groups excluding carboxylic acids is 2. The van der Waals surface area contributed by atoms with Crippen LogP contribution in [0.15, 0.2) is 10.7 Å². The zero-order chi connectivity index (χ0) is 16.9. The second kappa shape index (κ2) is 7.81. The monoisotopic (exact) mass is 333 g/mol. The summed E-state index contributed by atoms with van der Waals surface area (Å²) in [5.41, 5.74) is 0.495. The Morgan fingerprint density at radius 2 is 2.17 bits per heavy atom. The molecule has 1 N–H and O–H groups in total. The van der Waals surface area contributed by atoms with Crippen LogP contribution in [0.3, 0.4) is 0 Å². The third kappa shape index (κ3) is 3.97. The lowest BCUT2D eigenvalue weighted by Crippen LogP contribution is -2.38. The van der Waals surface area contributed by atoms with Crippen molar-refractivity contribution in [2.45, 2.75) is 64.3 Å². The lowest BCUT2D eigenvalue weighted by molar-refractivity contribution is -0.128. The van der Waals surface area contributed by atoms with Crippen molar-refractivity contribution < 1.29 is 14.1 Å². The average Bonchev–Trinajstić information content (AvgIpc) is 3.16. The Hall–Kier alpha value is -1.85. The number of carbonyl (C=O) groups is 2. The second-order valence-electron chi connectivity index (χ2n) is 7.09. The number of nitrogens with zero attached hydrogens (tertiary/aromatic N) is 2. The van der Waals surface area contributed by atoms with Crippen molar-refractivity contribution in [1.82, 2.24) is 15.4 Å². The third-order valence-corrected chi connectivity index (χ3v) is 5.12. The predicted octanol–water partition coefficient (Wildman–Crippen LogP) is 2.54. The first-order valence-electron chi connectivity index (χ1n) is 9.19. The van der Waals surface area contributed by atoms with Crippen molar-refractivity contribution in [2.75, 3.05) is 13.1 Å². The van der Waals surface area contributed by atoms with E-state index in [0.717, 1.165) is 13.0 Å². The van der Waals surface area contributed by atoms with Crippen LogP contribution in [0, 0.1) is 5.92 Å². The quantitative estimate of drug-likeness (QED) is 0.868. The number of aryl methyl sites for hydroxylation is 1. The summed E-state index contributed by atoms with van der Waals surface area (Å²) in [7, 11) is 0. The van der Waals surface area contributed by atoms with E-state index in [9.17, 15) is 9.59 Å². The highest BCUT2D eigenvalue weighted by atomic mass is 16.5. The van der Waals surface area contributed by atoms with Crippen molar-refractivity contribution in [3.05, 3.63) is 17.5 Å². The first-order valence-corrected chi connectivity index (χ1v) is 9.19. The summed E-state index contributed by atoms with van der Waals surface area (Å²) >= 11 is 0. The number of hydrogen-bond donors (Lipinski definition) is 1. The van der Waals surface area contributed by atoms with E-state index in [2.05, 4.69) is 10.5 Å². The van der Waals surface area contributed by atoms with E-state index in [1.807, 2.05) is 11.8 Å². The molecule has 1 aliphatic carbocycles. The molecule has 1 aliphatic heterocycles. The van der Waals surface area contributed by atoms with Gasteiger partial charge in [0.05, 0.1) is 12.2 Å². The maximum absolute atomic E-state index is 12.4. The smallest absolute Gasteiger partial charge is 0.256 e. The van der Waals surface area contributed by atoms with Crippen LogP contribution in [0.1, 0.15) is 68.0 Å². The normalized spacial score (nSPS) is 22.1. The highest BCUT2D eigenvalue weighted by Gasteiger charge is 2.33. The standard InChI is InChI=1S/C18H27N3O3/c1-2-6-16-15(10-19-24-16)18(23)20-14-9-17(22)21(12-14)11-13-7-4-3-5-8-13/h10,13-14H,2-9,11-12H2,1H3,(H,20,23)/t14-/m1/s1. The Bertz CT molecular complexity index is 578. The van der Waals surface area contributed by atoms with Crippen molar-refractivity contribution in [3.63, 3.8) is 0 Å². The third-order valence-electron chi connectivity index (χ3n) is 5.12. The van der Waals surface area contributed by atoms with Crippen LogP contribution in [0.5, 0.6) is 0 Å². The van der Waals surface area contributed by atoms with E-state index < -0.39 is 0 Å². The highest BCUT2D eigenvalue weighted by Crippen LogP contribution is 2.26. The fourth-order valence-electron chi connectivity index (χ4n) is 3.85. The fraction of sp³-hybridized carbons (Fsp3) is 0.722. The molecule has 24 heavy (non-hydrogen) atoms. The Morgan fingerprint density at radius 1 is 1.38 bits per heavy atom. The van der Waals surface area contributed by atoms with Crippen LogP contribution in [0.25, 0.3) is 0 Å². The topological polar surface area (TPSA) is 75.4 Å². The molecule has 0 radical (unpaired) electrons. The lowest BCUT2D eigenvalue weighted by Gasteiger charge is -2.27. The molecule has 2 amide bonds. The Morgan fingerprint density at radius 3 is 2.92 bits per heavy atom.